The monoisotopic (exact) mass is 1290 g/mol. The molecule has 3 fully saturated rings. The first kappa shape index (κ1) is 73.9. The van der Waals surface area contributed by atoms with Crippen LogP contribution in [-0.4, -0.2) is 105 Å². The average molecular weight is 1290 g/mol. The summed E-state index contributed by atoms with van der Waals surface area (Å²) in [5, 5.41) is 24.7. The third-order valence-electron chi connectivity index (χ3n) is 16.4. The van der Waals surface area contributed by atoms with Crippen LogP contribution in [0.25, 0.3) is 5.57 Å². The fraction of sp³-hybridized carbons (Fsp3) is 0.373. The Balaban J connectivity index is 0.000000202. The van der Waals surface area contributed by atoms with Gasteiger partial charge in [0.1, 0.15) is 11.6 Å². The Bertz CT molecular complexity index is 3420. The maximum Gasteiger partial charge on any atom is 0.315 e. The molecule has 20 heteroatoms. The molecule has 3 aliphatic heterocycles. The van der Waals surface area contributed by atoms with Gasteiger partial charge in [-0.2, -0.15) is 0 Å². The highest BCUT2D eigenvalue weighted by atomic mass is 16.2. The van der Waals surface area contributed by atoms with Gasteiger partial charge in [-0.25, -0.2) is 14.8 Å². The molecule has 6 aromatic rings. The van der Waals surface area contributed by atoms with Gasteiger partial charge in [0, 0.05) is 101 Å². The number of hydrogen-bond donors (Lipinski definition) is 10. The molecule has 3 saturated heterocycles. The maximum absolute atomic E-state index is 12.5. The van der Waals surface area contributed by atoms with Gasteiger partial charge in [-0.1, -0.05) is 127 Å². The Labute approximate surface area is 564 Å². The first-order valence-electron chi connectivity index (χ1n) is 33.2. The second-order valence-corrected chi connectivity index (χ2v) is 23.8. The standard InChI is InChI=1S/C24H32N4.C18H22N6O2.C18H26N2O.C15H23N5/c1-5-22-9-6-7-10-23(22)24-11-8-14-28(24)19(3)15-26-20(4)27-17-21-13-12-18(2)25-16-21;19-16-7-6-13(10-21-16)11-22-18(26)23-12-17(25)24-9-3-5-15(24)14-4-1-2-8-20-14;1-5-8-18(21)13-20-15(4)19-12-16-9-7-10-17(11-16)14(3)6-2;1-12(20-7-3-4-8-20)9-17-13(2)18-10-14-5-6-15(16)19-11-14/h6-7,9-10,12-13,16,24,26-27H,3-5,8,11,14-15,17H2,1-2H3;1-2,4,6-8,10,15H,3,5,9,11-12H2,(H2,19,21)(H2,22,23,26);7,9-11,19-20H,3-6,8,12-13H2,1-2H3;5-6,11,17-18H,1-4,7-10H2,(H2,16,19). The first-order valence-corrected chi connectivity index (χ1v) is 33.2. The number of nitrogen functional groups attached to an aromatic ring is 2. The van der Waals surface area contributed by atoms with Crippen LogP contribution >= 0.6 is 0 Å². The summed E-state index contributed by atoms with van der Waals surface area (Å²) in [7, 11) is 0. The number of carbonyl (C=O) groups excluding carboxylic acids is 3. The summed E-state index contributed by atoms with van der Waals surface area (Å²) >= 11 is 0. The van der Waals surface area contributed by atoms with E-state index in [-0.39, 0.29) is 24.3 Å². The minimum absolute atomic E-state index is 0.0191. The highest BCUT2D eigenvalue weighted by molar-refractivity contribution is 5.84. The van der Waals surface area contributed by atoms with E-state index in [1.165, 1.54) is 47.9 Å². The molecule has 3 aliphatic rings. The number of nitrogens with zero attached hydrogens (tertiary/aromatic N) is 7. The van der Waals surface area contributed by atoms with Gasteiger partial charge in [0.2, 0.25) is 5.91 Å². The molecule has 2 aromatic carbocycles. The predicted octanol–water partition coefficient (Wildman–Crippen LogP) is 10.7. The van der Waals surface area contributed by atoms with Crippen LogP contribution in [0, 0.1) is 6.92 Å². The van der Waals surface area contributed by atoms with E-state index in [2.05, 4.69) is 174 Å². The average Bonchev–Trinajstić information content (AvgIpc) is 1.75. The number of anilines is 2. The Morgan fingerprint density at radius 1 is 0.526 bits per heavy atom. The Morgan fingerprint density at radius 3 is 1.67 bits per heavy atom. The summed E-state index contributed by atoms with van der Waals surface area (Å²) in [4.78, 5) is 59.1. The van der Waals surface area contributed by atoms with Crippen LogP contribution in [0.15, 0.2) is 196 Å². The van der Waals surface area contributed by atoms with Crippen molar-refractivity contribution >= 4 is 34.9 Å². The Hall–Kier alpha value is -10.1. The van der Waals surface area contributed by atoms with Gasteiger partial charge < -0.3 is 68.7 Å². The first-order chi connectivity index (χ1) is 45.9. The smallest absolute Gasteiger partial charge is 0.315 e. The normalized spacial score (nSPS) is 14.4. The van der Waals surface area contributed by atoms with Crippen LogP contribution < -0.4 is 54.0 Å². The lowest BCUT2D eigenvalue weighted by molar-refractivity contribution is -0.131. The molecule has 506 valence electrons. The third-order valence-corrected chi connectivity index (χ3v) is 16.4. The zero-order chi connectivity index (χ0) is 68.3. The summed E-state index contributed by atoms with van der Waals surface area (Å²) < 4.78 is 0. The van der Waals surface area contributed by atoms with E-state index in [9.17, 15) is 14.4 Å². The van der Waals surface area contributed by atoms with E-state index in [0.29, 0.717) is 75.7 Å². The Morgan fingerprint density at radius 2 is 1.09 bits per heavy atom. The SMILES string of the molecule is C=C(NCC(=C)N1CCCC1)NCc1ccc(N)nc1.C=C(NCC(=C)N1CCCC1c1ccccc1CC)NCc1ccc(C)nc1.C=C(NCC(=O)CCC)NCc1cccc(C(=C)CC)c1.Nc1ccc(CNC(=O)NCC(=O)N2CCCC2c2ccccn2)cn1. The van der Waals surface area contributed by atoms with E-state index in [1.807, 2.05) is 56.4 Å². The summed E-state index contributed by atoms with van der Waals surface area (Å²) in [6.07, 6.45) is 17.3. The highest BCUT2D eigenvalue weighted by Crippen LogP contribution is 2.36. The van der Waals surface area contributed by atoms with Crippen molar-refractivity contribution in [2.75, 3.05) is 63.8 Å². The van der Waals surface area contributed by atoms with Crippen molar-refractivity contribution in [2.45, 2.75) is 130 Å². The van der Waals surface area contributed by atoms with Crippen LogP contribution in [-0.2, 0) is 42.2 Å². The number of ketones is 1. The molecule has 2 unspecified atom stereocenters. The number of nitrogens with one attached hydrogen (secondary N) is 8. The van der Waals surface area contributed by atoms with Crippen molar-refractivity contribution in [1.82, 2.24) is 77.2 Å². The molecule has 0 saturated carbocycles. The fourth-order valence-electron chi connectivity index (χ4n) is 10.9. The number of nitrogens with two attached hydrogens (primary N) is 2. The molecular formula is C75H103N17O3. The fourth-order valence-corrected chi connectivity index (χ4v) is 10.9. The molecule has 2 atom stereocenters. The van der Waals surface area contributed by atoms with E-state index in [0.717, 1.165) is 115 Å². The van der Waals surface area contributed by atoms with E-state index < -0.39 is 6.03 Å². The third kappa shape index (κ3) is 26.1. The molecule has 0 aliphatic carbocycles. The summed E-state index contributed by atoms with van der Waals surface area (Å²) in [6.45, 7) is 40.9. The molecular weight excluding hydrogens is 1190 g/mol. The minimum Gasteiger partial charge on any atom is -0.384 e. The number of likely N-dealkylation sites (tertiary alicyclic amines) is 3. The number of allylic oxidation sites excluding steroid dienone is 1. The molecule has 0 radical (unpaired) electrons. The van der Waals surface area contributed by atoms with Crippen molar-refractivity contribution in [1.29, 1.82) is 0 Å². The highest BCUT2D eigenvalue weighted by Gasteiger charge is 2.31. The molecule has 4 aromatic heterocycles. The molecule has 7 heterocycles. The van der Waals surface area contributed by atoms with Gasteiger partial charge in [0.25, 0.3) is 0 Å². The number of pyridine rings is 4. The van der Waals surface area contributed by atoms with Crippen molar-refractivity contribution in [3.63, 3.8) is 0 Å². The summed E-state index contributed by atoms with van der Waals surface area (Å²) in [5.41, 5.74) is 24.6. The number of aryl methyl sites for hydroxylation is 2. The van der Waals surface area contributed by atoms with Crippen LogP contribution in [0.4, 0.5) is 16.4 Å². The number of amides is 3. The van der Waals surface area contributed by atoms with Gasteiger partial charge >= 0.3 is 6.03 Å². The summed E-state index contributed by atoms with van der Waals surface area (Å²) in [6, 6.07) is 34.1. The van der Waals surface area contributed by atoms with Crippen molar-refractivity contribution < 1.29 is 14.4 Å². The second kappa shape index (κ2) is 40.1. The van der Waals surface area contributed by atoms with Crippen molar-refractivity contribution in [3.05, 3.63) is 247 Å². The van der Waals surface area contributed by atoms with E-state index in [4.69, 9.17) is 11.5 Å². The molecule has 3 amide bonds. The number of carbonyl (C=O) groups is 3. The molecule has 20 nitrogen and oxygen atoms in total. The molecule has 0 bridgehead atoms. The molecule has 95 heavy (non-hydrogen) atoms. The summed E-state index contributed by atoms with van der Waals surface area (Å²) in [5.74, 6) is 3.35. The maximum atomic E-state index is 12.5. The number of hydrogen-bond acceptors (Lipinski definition) is 17. The molecule has 12 N–H and O–H groups in total. The number of urea groups is 1. The number of rotatable bonds is 31. The number of aromatic nitrogens is 4. The van der Waals surface area contributed by atoms with Gasteiger partial charge in [-0.3, -0.25) is 19.6 Å². The zero-order valence-corrected chi connectivity index (χ0v) is 56.6. The number of benzene rings is 2. The lowest BCUT2D eigenvalue weighted by atomic mass is 9.97. The van der Waals surface area contributed by atoms with Crippen LogP contribution in [0.2, 0.25) is 0 Å². The Kier molecular flexibility index (Phi) is 31.2. The van der Waals surface area contributed by atoms with Crippen molar-refractivity contribution in [2.24, 2.45) is 0 Å². The van der Waals surface area contributed by atoms with Gasteiger partial charge in [0.15, 0.2) is 5.78 Å². The van der Waals surface area contributed by atoms with E-state index in [1.54, 1.807) is 41.7 Å². The van der Waals surface area contributed by atoms with E-state index >= 15 is 0 Å². The van der Waals surface area contributed by atoms with Crippen molar-refractivity contribution in [3.8, 4) is 0 Å². The van der Waals surface area contributed by atoms with Crippen LogP contribution in [0.1, 0.15) is 141 Å². The predicted molar refractivity (Wildman–Crippen MR) is 386 cm³/mol. The lowest BCUT2D eigenvalue weighted by Crippen LogP contribution is -2.43. The second-order valence-electron chi connectivity index (χ2n) is 23.8. The lowest BCUT2D eigenvalue weighted by Gasteiger charge is -2.30. The van der Waals surface area contributed by atoms with Gasteiger partial charge in [-0.15, -0.1) is 0 Å². The largest absolute Gasteiger partial charge is 0.384 e. The number of Topliss-reactive ketones (excluding diaryl/α,β-unsaturated/α-hetero) is 1. The topological polar surface area (TPSA) is 261 Å². The van der Waals surface area contributed by atoms with Crippen LogP contribution in [0.5, 0.6) is 0 Å². The zero-order valence-electron chi connectivity index (χ0n) is 56.6. The van der Waals surface area contributed by atoms with Crippen LogP contribution in [0.3, 0.4) is 0 Å². The quantitative estimate of drug-likeness (QED) is 0.0194. The minimum atomic E-state index is -0.399. The molecule has 9 rings (SSSR count). The van der Waals surface area contributed by atoms with Gasteiger partial charge in [-0.05, 0) is 146 Å². The molecule has 0 spiro atoms. The van der Waals surface area contributed by atoms with Gasteiger partial charge in [0.05, 0.1) is 61.4 Å².